The number of aromatic nitrogens is 2. The van der Waals surface area contributed by atoms with Gasteiger partial charge in [0.15, 0.2) is 11.2 Å². The average Bonchev–Trinajstić information content (AvgIpc) is 3.40. The highest BCUT2D eigenvalue weighted by molar-refractivity contribution is 14.1. The molecular formula is C24H6F12I2N2O2. The van der Waals surface area contributed by atoms with Gasteiger partial charge in [0.2, 0.25) is 0 Å². The number of nitrogens with zero attached hydrogens (tertiary/aromatic N) is 2. The van der Waals surface area contributed by atoms with E-state index >= 15 is 0 Å². The lowest BCUT2D eigenvalue weighted by Crippen LogP contribution is -2.11. The maximum Gasteiger partial charge on any atom is 0.416 e. The van der Waals surface area contributed by atoms with Gasteiger partial charge in [-0.05, 0) is 47.5 Å². The van der Waals surface area contributed by atoms with Crippen LogP contribution in [0, 0.1) is 7.79 Å². The van der Waals surface area contributed by atoms with E-state index in [9.17, 15) is 52.7 Å². The van der Waals surface area contributed by atoms with Crippen molar-refractivity contribution in [3.05, 3.63) is 66.4 Å². The molecule has 0 aliphatic rings. The predicted octanol–water partition coefficient (Wildman–Crippen LogP) is 10.6. The molecule has 0 aliphatic carbocycles. The minimum absolute atomic E-state index is 0.121. The molecule has 3 aromatic carbocycles. The molecule has 0 unspecified atom stereocenters. The maximum absolute atomic E-state index is 13.6. The van der Waals surface area contributed by atoms with Crippen molar-refractivity contribution in [2.45, 2.75) is 24.7 Å². The molecule has 0 aliphatic heterocycles. The third kappa shape index (κ3) is 5.62. The van der Waals surface area contributed by atoms with Gasteiger partial charge in [0.05, 0.1) is 33.4 Å². The van der Waals surface area contributed by atoms with Gasteiger partial charge in [-0.3, -0.25) is 0 Å². The summed E-state index contributed by atoms with van der Waals surface area (Å²) < 4.78 is 174. The number of alkyl halides is 12. The number of halogens is 14. The Hall–Kier alpha value is -2.78. The van der Waals surface area contributed by atoms with Crippen LogP contribution in [0.5, 0.6) is 0 Å². The SMILES string of the molecule is FC(F)(F)c1cc(-c2c3nc(I)oc3c(-c3cc(C(F)(F)F)cc(C(F)(F)F)c3)c3nc(I)oc23)cc(C(F)(F)F)c1. The highest BCUT2D eigenvalue weighted by Crippen LogP contribution is 2.48. The standard InChI is InChI=1S/C24H6F12I2N2O2/c25-21(26,27)9-1-7(2-10(5-9)22(28,29)30)13-15-18(42-19(37)39-15)14(16-17(13)41-20(38)40-16)8-3-11(23(31,32)33)6-12(4-8)24(34,35)36/h1-6H. The van der Waals surface area contributed by atoms with Crippen molar-refractivity contribution in [2.75, 3.05) is 0 Å². The molecule has 4 nitrogen and oxygen atoms in total. The minimum atomic E-state index is -5.24. The van der Waals surface area contributed by atoms with E-state index in [0.717, 1.165) is 0 Å². The second-order valence-electron chi connectivity index (χ2n) is 8.63. The van der Waals surface area contributed by atoms with Gasteiger partial charge in [-0.25, -0.2) is 9.97 Å². The molecule has 0 amide bonds. The molecule has 2 aromatic heterocycles. The van der Waals surface area contributed by atoms with Crippen LogP contribution < -0.4 is 0 Å². The van der Waals surface area contributed by atoms with Crippen molar-refractivity contribution in [2.24, 2.45) is 0 Å². The van der Waals surface area contributed by atoms with Crippen molar-refractivity contribution in [3.8, 4) is 22.3 Å². The fourth-order valence-corrected chi connectivity index (χ4v) is 5.14. The zero-order valence-electron chi connectivity index (χ0n) is 19.5. The molecule has 0 bridgehead atoms. The summed E-state index contributed by atoms with van der Waals surface area (Å²) in [6.45, 7) is 0. The van der Waals surface area contributed by atoms with E-state index in [-0.39, 0.29) is 19.9 Å². The van der Waals surface area contributed by atoms with E-state index in [1.165, 1.54) is 45.2 Å². The Bertz CT molecular complexity index is 1610. The van der Waals surface area contributed by atoms with Gasteiger partial charge in [0.25, 0.3) is 7.79 Å². The summed E-state index contributed by atoms with van der Waals surface area (Å²) in [5.41, 5.74) is -11.3. The number of hydrogen-bond acceptors (Lipinski definition) is 4. The van der Waals surface area contributed by atoms with Gasteiger partial charge in [0.1, 0.15) is 11.0 Å². The van der Waals surface area contributed by atoms with Gasteiger partial charge >= 0.3 is 24.7 Å². The lowest BCUT2D eigenvalue weighted by Gasteiger charge is -2.16. The van der Waals surface area contributed by atoms with Crippen LogP contribution in [0.2, 0.25) is 0 Å². The molecule has 0 fully saturated rings. The largest absolute Gasteiger partial charge is 0.431 e. The summed E-state index contributed by atoms with van der Waals surface area (Å²) in [4.78, 5) is 7.97. The van der Waals surface area contributed by atoms with Crippen LogP contribution in [0.1, 0.15) is 22.3 Å². The van der Waals surface area contributed by atoms with Gasteiger partial charge in [-0.2, -0.15) is 52.7 Å². The highest BCUT2D eigenvalue weighted by atomic mass is 127. The summed E-state index contributed by atoms with van der Waals surface area (Å²) in [7, 11) is 0. The first kappa shape index (κ1) is 30.7. The third-order valence-electron chi connectivity index (χ3n) is 5.88. The van der Waals surface area contributed by atoms with Crippen LogP contribution in [-0.4, -0.2) is 9.97 Å². The quantitative estimate of drug-likeness (QED) is 0.131. The van der Waals surface area contributed by atoms with Crippen LogP contribution in [0.25, 0.3) is 44.5 Å². The van der Waals surface area contributed by atoms with E-state index in [2.05, 4.69) is 9.97 Å². The molecule has 0 saturated carbocycles. The minimum Gasteiger partial charge on any atom is -0.431 e. The first-order valence-electron chi connectivity index (χ1n) is 10.8. The topological polar surface area (TPSA) is 52.1 Å². The summed E-state index contributed by atoms with van der Waals surface area (Å²) >= 11 is 2.93. The Labute approximate surface area is 251 Å². The fraction of sp³-hybridized carbons (Fsp3) is 0.167. The Kier molecular flexibility index (Phi) is 7.21. The van der Waals surface area contributed by atoms with Crippen molar-refractivity contribution >= 4 is 67.4 Å². The lowest BCUT2D eigenvalue weighted by molar-refractivity contribution is -0.144. The first-order chi connectivity index (χ1) is 19.1. The molecule has 2 heterocycles. The monoisotopic (exact) mass is 836 g/mol. The second kappa shape index (κ2) is 9.88. The molecule has 0 saturated heterocycles. The van der Waals surface area contributed by atoms with E-state index in [4.69, 9.17) is 8.83 Å². The van der Waals surface area contributed by atoms with Gasteiger partial charge in [-0.1, -0.05) is 0 Å². The molecule has 0 atom stereocenters. The van der Waals surface area contributed by atoms with Crippen molar-refractivity contribution in [1.82, 2.24) is 9.97 Å². The van der Waals surface area contributed by atoms with Crippen LogP contribution in [0.15, 0.2) is 45.2 Å². The number of rotatable bonds is 2. The van der Waals surface area contributed by atoms with Crippen LogP contribution in [0.4, 0.5) is 52.7 Å². The summed E-state index contributed by atoms with van der Waals surface area (Å²) in [6.07, 6.45) is -21.0. The maximum atomic E-state index is 13.6. The third-order valence-corrected chi connectivity index (χ3v) is 6.81. The zero-order valence-corrected chi connectivity index (χ0v) is 23.8. The number of benzene rings is 3. The fourth-order valence-electron chi connectivity index (χ4n) is 4.22. The predicted molar refractivity (Wildman–Crippen MR) is 138 cm³/mol. The van der Waals surface area contributed by atoms with Gasteiger partial charge < -0.3 is 8.83 Å². The van der Waals surface area contributed by atoms with Gasteiger partial charge in [-0.15, -0.1) is 0 Å². The average molecular weight is 836 g/mol. The van der Waals surface area contributed by atoms with Crippen LogP contribution in [-0.2, 0) is 24.7 Å². The Morgan fingerprint density at radius 1 is 0.452 bits per heavy atom. The molecule has 222 valence electrons. The molecule has 5 aromatic rings. The molecule has 5 rings (SSSR count). The van der Waals surface area contributed by atoms with Crippen LogP contribution >= 0.6 is 45.2 Å². The summed E-state index contributed by atoms with van der Waals surface area (Å²) in [5, 5.41) is 0. The lowest BCUT2D eigenvalue weighted by atomic mass is 9.92. The van der Waals surface area contributed by atoms with Crippen molar-refractivity contribution in [3.63, 3.8) is 0 Å². The highest BCUT2D eigenvalue weighted by Gasteiger charge is 2.40. The van der Waals surface area contributed by atoms with E-state index in [0.29, 0.717) is 24.3 Å². The Morgan fingerprint density at radius 3 is 0.952 bits per heavy atom. The first-order valence-corrected chi connectivity index (χ1v) is 13.0. The van der Waals surface area contributed by atoms with Crippen molar-refractivity contribution in [1.29, 1.82) is 0 Å². The molecule has 0 radical (unpaired) electrons. The zero-order chi connectivity index (χ0) is 31.2. The molecule has 42 heavy (non-hydrogen) atoms. The number of oxazole rings is 2. The van der Waals surface area contributed by atoms with E-state index in [1.54, 1.807) is 0 Å². The summed E-state index contributed by atoms with van der Waals surface area (Å²) in [6, 6.07) is 1.23. The van der Waals surface area contributed by atoms with E-state index in [1.807, 2.05) is 0 Å². The second-order valence-corrected chi connectivity index (χ2v) is 10.5. The Morgan fingerprint density at radius 2 is 0.714 bits per heavy atom. The van der Waals surface area contributed by atoms with Crippen LogP contribution in [0.3, 0.4) is 0 Å². The number of hydrogen-bond donors (Lipinski definition) is 0. The van der Waals surface area contributed by atoms with E-state index < -0.39 is 91.4 Å². The van der Waals surface area contributed by atoms with Crippen molar-refractivity contribution < 1.29 is 61.5 Å². The smallest absolute Gasteiger partial charge is 0.416 e. The molecular weight excluding hydrogens is 830 g/mol. The molecule has 18 heteroatoms. The molecule has 0 spiro atoms. The summed E-state index contributed by atoms with van der Waals surface area (Å²) in [5.74, 6) is 0. The Balaban J connectivity index is 1.95. The normalized spacial score (nSPS) is 13.5. The van der Waals surface area contributed by atoms with Gasteiger partial charge in [0, 0.05) is 45.2 Å². The number of fused-ring (bicyclic) bond motifs is 2. The molecule has 0 N–H and O–H groups in total.